The molecule has 7 nitrogen and oxygen atoms in total. The van der Waals surface area contributed by atoms with E-state index in [1.165, 1.54) is 7.11 Å². The monoisotopic (exact) mass is 416 g/mol. The second-order valence-electron chi connectivity index (χ2n) is 6.76. The molecule has 4 aromatic rings. The topological polar surface area (TPSA) is 95.0 Å². The smallest absolute Gasteiger partial charge is 0.276 e. The Labute approximate surface area is 178 Å². The first kappa shape index (κ1) is 20.2. The minimum Gasteiger partial charge on any atom is -0.496 e. The van der Waals surface area contributed by atoms with Gasteiger partial charge < -0.3 is 14.0 Å². The Morgan fingerprint density at radius 3 is 2.42 bits per heavy atom. The van der Waals surface area contributed by atoms with Gasteiger partial charge in [0.15, 0.2) is 5.76 Å². The van der Waals surface area contributed by atoms with E-state index in [1.807, 2.05) is 18.2 Å². The van der Waals surface area contributed by atoms with E-state index in [4.69, 9.17) is 19.8 Å². The first-order chi connectivity index (χ1) is 15.1. The average Bonchev–Trinajstić information content (AvgIpc) is 2.81. The molecular weight excluding hydrogens is 396 g/mol. The molecule has 7 heteroatoms. The first-order valence-corrected chi connectivity index (χ1v) is 9.57. The number of benzene rings is 3. The lowest BCUT2D eigenvalue weighted by molar-refractivity contribution is -0.157. The summed E-state index contributed by atoms with van der Waals surface area (Å²) in [6, 6.07) is 22.9. The van der Waals surface area contributed by atoms with E-state index in [9.17, 15) is 9.59 Å². The summed E-state index contributed by atoms with van der Waals surface area (Å²) >= 11 is 0. The molecule has 0 bridgehead atoms. The van der Waals surface area contributed by atoms with Crippen molar-refractivity contribution in [3.05, 3.63) is 94.6 Å². The van der Waals surface area contributed by atoms with Crippen molar-refractivity contribution in [2.45, 2.75) is 6.42 Å². The summed E-state index contributed by atoms with van der Waals surface area (Å²) in [5.41, 5.74) is 1.18. The van der Waals surface area contributed by atoms with Gasteiger partial charge >= 0.3 is 0 Å². The van der Waals surface area contributed by atoms with Crippen molar-refractivity contribution in [3.8, 4) is 22.8 Å². The number of hydroxylamine groups is 1. The molecule has 1 heterocycles. The Hall–Kier alpha value is -4.10. The molecule has 4 rings (SSSR count). The van der Waals surface area contributed by atoms with Gasteiger partial charge in [0.25, 0.3) is 5.91 Å². The van der Waals surface area contributed by atoms with Gasteiger partial charge in [0.2, 0.25) is 11.2 Å². The number of nitrogens with two attached hydrogens (primary N) is 1. The highest BCUT2D eigenvalue weighted by atomic mass is 16.7. The zero-order valence-electron chi connectivity index (χ0n) is 16.8. The number of methoxy groups -OCH3 is 1. The Bertz CT molecular complexity index is 1280. The molecule has 0 unspecified atom stereocenters. The fourth-order valence-corrected chi connectivity index (χ4v) is 3.22. The summed E-state index contributed by atoms with van der Waals surface area (Å²) in [5, 5.41) is 0.868. The van der Waals surface area contributed by atoms with Gasteiger partial charge in [-0.1, -0.05) is 54.6 Å². The maximum atomic E-state index is 13.2. The van der Waals surface area contributed by atoms with Crippen LogP contribution in [0.5, 0.6) is 11.5 Å². The van der Waals surface area contributed by atoms with E-state index < -0.39 is 11.3 Å². The minimum atomic E-state index is -0.523. The quantitative estimate of drug-likeness (QED) is 0.293. The van der Waals surface area contributed by atoms with Crippen molar-refractivity contribution in [2.24, 2.45) is 5.84 Å². The molecule has 31 heavy (non-hydrogen) atoms. The minimum absolute atomic E-state index is 0.0141. The lowest BCUT2D eigenvalue weighted by Crippen LogP contribution is -2.42. The molecule has 0 saturated heterocycles. The summed E-state index contributed by atoms with van der Waals surface area (Å²) in [6.07, 6.45) is 0.0141. The predicted octanol–water partition coefficient (Wildman–Crippen LogP) is 3.71. The Morgan fingerprint density at radius 1 is 0.968 bits per heavy atom. The Morgan fingerprint density at radius 2 is 1.65 bits per heavy atom. The largest absolute Gasteiger partial charge is 0.496 e. The summed E-state index contributed by atoms with van der Waals surface area (Å²) in [5.74, 6) is 5.74. The van der Waals surface area contributed by atoms with Crippen molar-refractivity contribution in [1.82, 2.24) is 5.17 Å². The van der Waals surface area contributed by atoms with Crippen LogP contribution in [-0.4, -0.2) is 18.2 Å². The molecule has 156 valence electrons. The van der Waals surface area contributed by atoms with Crippen LogP contribution in [0, 0.1) is 0 Å². The molecule has 2 N–H and O–H groups in total. The van der Waals surface area contributed by atoms with Crippen LogP contribution >= 0.6 is 0 Å². The molecule has 0 fully saturated rings. The third kappa shape index (κ3) is 4.12. The van der Waals surface area contributed by atoms with Gasteiger partial charge in [-0.25, -0.2) is 5.84 Å². The van der Waals surface area contributed by atoms with Crippen molar-refractivity contribution < 1.29 is 18.8 Å². The first-order valence-electron chi connectivity index (χ1n) is 9.57. The van der Waals surface area contributed by atoms with Crippen LogP contribution in [0.2, 0.25) is 0 Å². The fourth-order valence-electron chi connectivity index (χ4n) is 3.22. The number of hydrazine groups is 1. The molecule has 0 spiro atoms. The van der Waals surface area contributed by atoms with Gasteiger partial charge in [0.1, 0.15) is 11.3 Å². The number of carbonyl (C=O) groups excluding carboxylic acids is 1. The number of ether oxygens (including phenoxy) is 1. The maximum Gasteiger partial charge on any atom is 0.276 e. The van der Waals surface area contributed by atoms with E-state index in [0.29, 0.717) is 27.5 Å². The summed E-state index contributed by atoms with van der Waals surface area (Å²) in [6.45, 7) is 0. The predicted molar refractivity (Wildman–Crippen MR) is 116 cm³/mol. The molecule has 3 aromatic carbocycles. The van der Waals surface area contributed by atoms with Gasteiger partial charge in [0, 0.05) is 0 Å². The lowest BCUT2D eigenvalue weighted by atomic mass is 10.1. The number of carbonyl (C=O) groups is 1. The van der Waals surface area contributed by atoms with Crippen LogP contribution in [0.15, 0.2) is 88.1 Å². The summed E-state index contributed by atoms with van der Waals surface area (Å²) in [4.78, 5) is 31.4. The van der Waals surface area contributed by atoms with Crippen molar-refractivity contribution in [1.29, 1.82) is 0 Å². The van der Waals surface area contributed by atoms with Gasteiger partial charge in [-0.15, -0.1) is 5.17 Å². The van der Waals surface area contributed by atoms with Gasteiger partial charge in [-0.2, -0.15) is 0 Å². The van der Waals surface area contributed by atoms with Crippen LogP contribution in [0.1, 0.15) is 5.56 Å². The molecule has 1 amide bonds. The van der Waals surface area contributed by atoms with Crippen LogP contribution in [-0.2, 0) is 11.2 Å². The molecule has 0 saturated carbocycles. The lowest BCUT2D eigenvalue weighted by Gasteiger charge is -2.19. The zero-order chi connectivity index (χ0) is 21.8. The third-order valence-electron chi connectivity index (χ3n) is 4.74. The van der Waals surface area contributed by atoms with E-state index in [1.54, 1.807) is 60.7 Å². The highest BCUT2D eigenvalue weighted by Gasteiger charge is 2.24. The van der Waals surface area contributed by atoms with E-state index in [0.717, 1.165) is 5.56 Å². The number of para-hydroxylation sites is 2. The highest BCUT2D eigenvalue weighted by Crippen LogP contribution is 2.36. The number of nitrogens with zero attached hydrogens (tertiary/aromatic N) is 1. The zero-order valence-corrected chi connectivity index (χ0v) is 16.8. The fraction of sp³-hybridized carbons (Fsp3) is 0.0833. The molecule has 0 aliphatic rings. The van der Waals surface area contributed by atoms with Gasteiger partial charge in [0.05, 0.1) is 24.5 Å². The number of amides is 1. The van der Waals surface area contributed by atoms with Crippen LogP contribution in [0.3, 0.4) is 0 Å². The van der Waals surface area contributed by atoms with E-state index in [-0.39, 0.29) is 17.9 Å². The summed E-state index contributed by atoms with van der Waals surface area (Å²) in [7, 11) is 1.51. The van der Waals surface area contributed by atoms with E-state index in [2.05, 4.69) is 0 Å². The van der Waals surface area contributed by atoms with Crippen LogP contribution < -0.4 is 20.8 Å². The second-order valence-corrected chi connectivity index (χ2v) is 6.76. The van der Waals surface area contributed by atoms with Crippen LogP contribution in [0.25, 0.3) is 22.3 Å². The second kappa shape index (κ2) is 8.73. The van der Waals surface area contributed by atoms with Crippen molar-refractivity contribution in [2.75, 3.05) is 7.11 Å². The molecular formula is C24H20N2O5. The third-order valence-corrected chi connectivity index (χ3v) is 4.74. The van der Waals surface area contributed by atoms with Crippen molar-refractivity contribution in [3.63, 3.8) is 0 Å². The molecule has 0 aliphatic heterocycles. The van der Waals surface area contributed by atoms with Crippen molar-refractivity contribution >= 4 is 16.9 Å². The number of hydrogen-bond donors (Lipinski definition) is 1. The molecule has 0 atom stereocenters. The van der Waals surface area contributed by atoms with Gasteiger partial charge in [-0.05, 0) is 29.8 Å². The van der Waals surface area contributed by atoms with E-state index >= 15 is 0 Å². The number of rotatable bonds is 6. The normalized spacial score (nSPS) is 10.6. The molecule has 0 radical (unpaired) electrons. The van der Waals surface area contributed by atoms with Gasteiger partial charge in [-0.3, -0.25) is 9.59 Å². The maximum absolute atomic E-state index is 13.2. The number of hydrogen-bond acceptors (Lipinski definition) is 6. The molecule has 1 aromatic heterocycles. The SMILES string of the molecule is COc1ccccc1-c1oc2ccccc2c(=O)c1ON(N)C(=O)Cc1ccccc1. The number of fused-ring (bicyclic) bond motifs is 1. The highest BCUT2D eigenvalue weighted by molar-refractivity contribution is 5.83. The Balaban J connectivity index is 1.78. The van der Waals surface area contributed by atoms with Crippen LogP contribution in [0.4, 0.5) is 0 Å². The molecule has 0 aliphatic carbocycles. The summed E-state index contributed by atoms with van der Waals surface area (Å²) < 4.78 is 11.4. The standard InChI is InChI=1S/C24H20N2O5/c1-29-19-13-7-6-12-18(19)23-24(22(28)17-11-5-8-14-20(17)30-23)31-26(25)21(27)15-16-9-3-2-4-10-16/h2-14H,15,25H2,1H3. The average molecular weight is 416 g/mol. The Kier molecular flexibility index (Phi) is 5.68.